The normalized spacial score (nSPS) is 11.1. The number of ether oxygens (including phenoxy) is 1. The molecule has 0 amide bonds. The van der Waals surface area contributed by atoms with Gasteiger partial charge in [0, 0.05) is 16.5 Å². The zero-order valence-electron chi connectivity index (χ0n) is 18.0. The molecule has 0 saturated carbocycles. The molecule has 170 valence electrons. The van der Waals surface area contributed by atoms with E-state index in [2.05, 4.69) is 0 Å². The van der Waals surface area contributed by atoms with E-state index >= 15 is 0 Å². The van der Waals surface area contributed by atoms with Crippen LogP contribution in [0.4, 0.5) is 0 Å². The van der Waals surface area contributed by atoms with Crippen molar-refractivity contribution >= 4 is 57.3 Å². The van der Waals surface area contributed by atoms with Gasteiger partial charge in [-0.25, -0.2) is 4.98 Å². The number of nitrogens with zero attached hydrogens (tertiary/aromatic N) is 3. The summed E-state index contributed by atoms with van der Waals surface area (Å²) in [7, 11) is 1.59. The second-order valence-corrected chi connectivity index (χ2v) is 10.3. The van der Waals surface area contributed by atoms with Gasteiger partial charge in [0.2, 0.25) is 0 Å². The topological polar surface area (TPSA) is 49.0 Å². The van der Waals surface area contributed by atoms with Crippen LogP contribution in [0, 0.1) is 3.95 Å². The van der Waals surface area contributed by atoms with Crippen LogP contribution in [0.1, 0.15) is 5.56 Å². The minimum Gasteiger partial charge on any atom is -0.495 e. The van der Waals surface area contributed by atoms with Gasteiger partial charge in [-0.2, -0.15) is 0 Å². The molecule has 0 fully saturated rings. The van der Waals surface area contributed by atoms with Crippen molar-refractivity contribution in [1.82, 2.24) is 14.1 Å². The van der Waals surface area contributed by atoms with Crippen LogP contribution in [0.25, 0.3) is 21.7 Å². The first kappa shape index (κ1) is 22.9. The summed E-state index contributed by atoms with van der Waals surface area (Å²) in [5.41, 5.74) is 2.94. The van der Waals surface area contributed by atoms with Crippen LogP contribution in [0.2, 0.25) is 5.02 Å². The quantitative estimate of drug-likeness (QED) is 0.137. The fourth-order valence-corrected chi connectivity index (χ4v) is 5.97. The Hall–Kier alpha value is -2.91. The number of thioether (sulfide) groups is 1. The van der Waals surface area contributed by atoms with Gasteiger partial charge >= 0.3 is 0 Å². The van der Waals surface area contributed by atoms with Crippen molar-refractivity contribution in [3.05, 3.63) is 104 Å². The van der Waals surface area contributed by atoms with Crippen molar-refractivity contribution in [2.24, 2.45) is 0 Å². The van der Waals surface area contributed by atoms with Crippen LogP contribution in [-0.4, -0.2) is 21.2 Å². The summed E-state index contributed by atoms with van der Waals surface area (Å²) >= 11 is 14.4. The minimum absolute atomic E-state index is 0.182. The number of hydrogen-bond acceptors (Lipinski definition) is 6. The largest absolute Gasteiger partial charge is 0.495 e. The zero-order chi connectivity index (χ0) is 23.7. The number of rotatable bonds is 6. The molecule has 3 aromatic carbocycles. The molecule has 5 aromatic rings. The number of aromatic nitrogens is 3. The fraction of sp³-hybridized carbons (Fsp3) is 0.0800. The molecular weight excluding hydrogens is 506 g/mol. The van der Waals surface area contributed by atoms with Gasteiger partial charge in [-0.05, 0) is 54.2 Å². The van der Waals surface area contributed by atoms with Gasteiger partial charge in [-0.15, -0.1) is 0 Å². The van der Waals surface area contributed by atoms with Crippen LogP contribution in [0.15, 0.2) is 88.8 Å². The Kier molecular flexibility index (Phi) is 6.56. The van der Waals surface area contributed by atoms with Gasteiger partial charge in [-0.1, -0.05) is 77.2 Å². The second-order valence-electron chi connectivity index (χ2n) is 7.31. The lowest BCUT2D eigenvalue weighted by atomic mass is 10.2. The maximum Gasteiger partial charge on any atom is 0.278 e. The van der Waals surface area contributed by atoms with Crippen molar-refractivity contribution in [3.63, 3.8) is 0 Å². The molecule has 0 atom stereocenters. The molecule has 0 aliphatic carbocycles. The summed E-state index contributed by atoms with van der Waals surface area (Å²) in [5, 5.41) is 1.23. The van der Waals surface area contributed by atoms with Crippen LogP contribution >= 0.6 is 46.9 Å². The molecule has 2 heterocycles. The number of fused-ring (bicyclic) bond motifs is 1. The third-order valence-electron chi connectivity index (χ3n) is 5.20. The van der Waals surface area contributed by atoms with Gasteiger partial charge in [-0.3, -0.25) is 13.9 Å². The lowest BCUT2D eigenvalue weighted by Gasteiger charge is -2.15. The van der Waals surface area contributed by atoms with Gasteiger partial charge < -0.3 is 4.74 Å². The molecule has 0 radical (unpaired) electrons. The number of thiazole rings is 1. The average molecular weight is 524 g/mol. The predicted octanol–water partition coefficient (Wildman–Crippen LogP) is 6.92. The van der Waals surface area contributed by atoms with Crippen LogP contribution in [-0.2, 0) is 5.75 Å². The molecule has 0 spiro atoms. The first-order valence-corrected chi connectivity index (χ1v) is 12.9. The van der Waals surface area contributed by atoms with E-state index in [-0.39, 0.29) is 5.56 Å². The molecule has 0 saturated heterocycles. The summed E-state index contributed by atoms with van der Waals surface area (Å²) in [6.45, 7) is 0. The molecule has 0 N–H and O–H groups in total. The standard InChI is InChI=1S/C25H18ClN3O2S3/c1-31-20-10-6-5-9-19(20)29-23(30)21-22(28(25(32)34-21)18-7-3-2-4-8-18)27-24(29)33-15-16-11-13-17(26)14-12-16/h2-14H,15H2,1H3. The fourth-order valence-electron chi connectivity index (χ4n) is 3.59. The number of para-hydroxylation sites is 3. The molecule has 2 aromatic heterocycles. The van der Waals surface area contributed by atoms with Gasteiger partial charge in [0.05, 0.1) is 12.8 Å². The number of benzene rings is 3. The van der Waals surface area contributed by atoms with E-state index < -0.39 is 0 Å². The summed E-state index contributed by atoms with van der Waals surface area (Å²) < 4.78 is 10.1. The Morgan fingerprint density at radius 2 is 1.71 bits per heavy atom. The average Bonchev–Trinajstić information content (AvgIpc) is 3.20. The Morgan fingerprint density at radius 3 is 2.44 bits per heavy atom. The summed E-state index contributed by atoms with van der Waals surface area (Å²) in [6, 6.07) is 24.8. The van der Waals surface area contributed by atoms with E-state index in [4.69, 9.17) is 33.5 Å². The van der Waals surface area contributed by atoms with Gasteiger partial charge in [0.25, 0.3) is 5.56 Å². The van der Waals surface area contributed by atoms with E-state index in [0.29, 0.717) is 41.7 Å². The highest BCUT2D eigenvalue weighted by Gasteiger charge is 2.20. The highest BCUT2D eigenvalue weighted by atomic mass is 35.5. The van der Waals surface area contributed by atoms with Gasteiger partial charge in [0.1, 0.15) is 10.4 Å². The zero-order valence-corrected chi connectivity index (χ0v) is 21.2. The highest BCUT2D eigenvalue weighted by Crippen LogP contribution is 2.31. The molecule has 0 aliphatic rings. The smallest absolute Gasteiger partial charge is 0.278 e. The van der Waals surface area contributed by atoms with E-state index in [1.807, 2.05) is 83.4 Å². The van der Waals surface area contributed by atoms with Crippen molar-refractivity contribution in [2.45, 2.75) is 10.9 Å². The third kappa shape index (κ3) is 4.30. The van der Waals surface area contributed by atoms with Crippen molar-refractivity contribution < 1.29 is 4.74 Å². The molecule has 5 nitrogen and oxygen atoms in total. The van der Waals surface area contributed by atoms with E-state index in [1.54, 1.807) is 11.7 Å². The molecule has 0 aliphatic heterocycles. The number of hydrogen-bond donors (Lipinski definition) is 0. The third-order valence-corrected chi connectivity index (χ3v) is 7.81. The second kappa shape index (κ2) is 9.76. The van der Waals surface area contributed by atoms with E-state index in [0.717, 1.165) is 11.3 Å². The Labute approximate surface area is 214 Å². The Morgan fingerprint density at radius 1 is 1.00 bits per heavy atom. The molecule has 0 unspecified atom stereocenters. The molecule has 5 rings (SSSR count). The number of methoxy groups -OCH3 is 1. The van der Waals surface area contributed by atoms with Crippen LogP contribution in [0.3, 0.4) is 0 Å². The first-order valence-electron chi connectivity index (χ1n) is 10.3. The predicted molar refractivity (Wildman–Crippen MR) is 143 cm³/mol. The van der Waals surface area contributed by atoms with Crippen molar-refractivity contribution in [2.75, 3.05) is 7.11 Å². The number of halogens is 1. The summed E-state index contributed by atoms with van der Waals surface area (Å²) in [4.78, 5) is 18.8. The maximum absolute atomic E-state index is 13.9. The van der Waals surface area contributed by atoms with Crippen LogP contribution in [0.5, 0.6) is 5.75 Å². The van der Waals surface area contributed by atoms with Gasteiger partial charge in [0.15, 0.2) is 14.8 Å². The van der Waals surface area contributed by atoms with E-state index in [1.165, 1.54) is 23.1 Å². The molecule has 0 bridgehead atoms. The summed E-state index contributed by atoms with van der Waals surface area (Å²) in [6.07, 6.45) is 0. The van der Waals surface area contributed by atoms with Crippen LogP contribution < -0.4 is 10.3 Å². The van der Waals surface area contributed by atoms with Crippen molar-refractivity contribution in [3.8, 4) is 17.1 Å². The first-order chi connectivity index (χ1) is 16.6. The minimum atomic E-state index is -0.182. The maximum atomic E-state index is 13.9. The molecular formula is C25H18ClN3O2S3. The lowest BCUT2D eigenvalue weighted by Crippen LogP contribution is -2.22. The van der Waals surface area contributed by atoms with E-state index in [9.17, 15) is 4.79 Å². The molecule has 34 heavy (non-hydrogen) atoms. The SMILES string of the molecule is COc1ccccc1-n1c(SCc2ccc(Cl)cc2)nc2c(sc(=S)n2-c2ccccc2)c1=O. The Bertz CT molecular complexity index is 1590. The Balaban J connectivity index is 1.74. The summed E-state index contributed by atoms with van der Waals surface area (Å²) in [5.74, 6) is 1.20. The molecule has 9 heteroatoms. The lowest BCUT2D eigenvalue weighted by molar-refractivity contribution is 0.411. The highest BCUT2D eigenvalue weighted by molar-refractivity contribution is 7.98. The monoisotopic (exact) mass is 523 g/mol. The van der Waals surface area contributed by atoms with Crippen molar-refractivity contribution in [1.29, 1.82) is 0 Å².